The van der Waals surface area contributed by atoms with Gasteiger partial charge in [-0.1, -0.05) is 66.0 Å². The first-order valence-corrected chi connectivity index (χ1v) is 11.9. The van der Waals surface area contributed by atoms with Gasteiger partial charge >= 0.3 is 0 Å². The molecule has 0 saturated heterocycles. The summed E-state index contributed by atoms with van der Waals surface area (Å²) in [7, 11) is 0. The molecule has 0 aromatic heterocycles. The predicted octanol–water partition coefficient (Wildman–Crippen LogP) is 5.48. The quantitative estimate of drug-likeness (QED) is 0.504. The second kappa shape index (κ2) is 12.2. The zero-order chi connectivity index (χ0) is 22.1. The minimum Gasteiger partial charge on any atom is -0.354 e. The van der Waals surface area contributed by atoms with Crippen molar-refractivity contribution in [2.24, 2.45) is 0 Å². The molecule has 0 heterocycles. The maximum Gasteiger partial charge on any atom is 0.242 e. The molecule has 4 nitrogen and oxygen atoms in total. The van der Waals surface area contributed by atoms with E-state index in [-0.39, 0.29) is 17.6 Å². The molecule has 0 aliphatic heterocycles. The molecule has 2 aromatic carbocycles. The fraction of sp³-hybridized carbons (Fsp3) is 0.391. The lowest BCUT2D eigenvalue weighted by Crippen LogP contribution is -2.48. The van der Waals surface area contributed by atoms with Gasteiger partial charge in [0.15, 0.2) is 0 Å². The average Bonchev–Trinajstić information content (AvgIpc) is 2.72. The molecule has 1 atom stereocenters. The first kappa shape index (κ1) is 24.6. The Morgan fingerprint density at radius 1 is 1.13 bits per heavy atom. The highest BCUT2D eigenvalue weighted by molar-refractivity contribution is 7.99. The highest BCUT2D eigenvalue weighted by Gasteiger charge is 2.25. The first-order valence-electron chi connectivity index (χ1n) is 9.96. The monoisotopic (exact) mass is 466 g/mol. The number of halogens is 2. The van der Waals surface area contributed by atoms with Crippen LogP contribution in [0.2, 0.25) is 10.0 Å². The van der Waals surface area contributed by atoms with E-state index in [4.69, 9.17) is 23.2 Å². The summed E-state index contributed by atoms with van der Waals surface area (Å²) in [6.07, 6.45) is 0.849. The number of nitrogens with zero attached hydrogens (tertiary/aromatic N) is 1. The fourth-order valence-electron chi connectivity index (χ4n) is 2.84. The third-order valence-electron chi connectivity index (χ3n) is 4.69. The number of hydrogen-bond acceptors (Lipinski definition) is 3. The normalized spacial score (nSPS) is 11.8. The van der Waals surface area contributed by atoms with Gasteiger partial charge in [0, 0.05) is 28.9 Å². The Labute approximate surface area is 193 Å². The van der Waals surface area contributed by atoms with Crippen LogP contribution in [0.5, 0.6) is 0 Å². The standard InChI is InChI=1S/C23H28Cl2N2O2S/c1-4-11-26-23(29)17(3)27(13-18-7-5-16(2)6-8-18)22(28)15-30-14-19-9-10-20(24)12-21(19)25/h5-10,12,17H,4,11,13-15H2,1-3H3,(H,26,29)/t17-/m1/s1. The van der Waals surface area contributed by atoms with Gasteiger partial charge in [0.2, 0.25) is 11.8 Å². The van der Waals surface area contributed by atoms with Gasteiger partial charge in [-0.3, -0.25) is 9.59 Å². The number of benzene rings is 2. The fourth-order valence-corrected chi connectivity index (χ4v) is 4.31. The van der Waals surface area contributed by atoms with Gasteiger partial charge in [0.05, 0.1) is 5.75 Å². The maximum absolute atomic E-state index is 13.0. The van der Waals surface area contributed by atoms with Crippen LogP contribution in [0.3, 0.4) is 0 Å². The van der Waals surface area contributed by atoms with Crippen LogP contribution in [-0.4, -0.2) is 35.1 Å². The van der Waals surface area contributed by atoms with Gasteiger partial charge in [-0.15, -0.1) is 11.8 Å². The lowest BCUT2D eigenvalue weighted by molar-refractivity contribution is -0.138. The molecule has 2 amide bonds. The lowest BCUT2D eigenvalue weighted by Gasteiger charge is -2.29. The molecule has 1 N–H and O–H groups in total. The van der Waals surface area contributed by atoms with Crippen molar-refractivity contribution in [3.8, 4) is 0 Å². The highest BCUT2D eigenvalue weighted by Crippen LogP contribution is 2.25. The summed E-state index contributed by atoms with van der Waals surface area (Å²) >= 11 is 13.6. The molecule has 0 aliphatic rings. The van der Waals surface area contributed by atoms with Gasteiger partial charge < -0.3 is 10.2 Å². The first-order chi connectivity index (χ1) is 14.3. The largest absolute Gasteiger partial charge is 0.354 e. The molecule has 0 unspecified atom stereocenters. The van der Waals surface area contributed by atoms with Crippen molar-refractivity contribution >= 4 is 46.8 Å². The molecule has 2 aromatic rings. The van der Waals surface area contributed by atoms with Crippen molar-refractivity contribution in [2.45, 2.75) is 45.5 Å². The molecule has 0 radical (unpaired) electrons. The molecule has 7 heteroatoms. The average molecular weight is 467 g/mol. The van der Waals surface area contributed by atoms with Crippen molar-refractivity contribution in [3.63, 3.8) is 0 Å². The van der Waals surface area contributed by atoms with Crippen LogP contribution in [0.4, 0.5) is 0 Å². The minimum absolute atomic E-state index is 0.0789. The number of aryl methyl sites for hydroxylation is 1. The van der Waals surface area contributed by atoms with Crippen molar-refractivity contribution in [1.82, 2.24) is 10.2 Å². The van der Waals surface area contributed by atoms with Crippen molar-refractivity contribution in [2.75, 3.05) is 12.3 Å². The van der Waals surface area contributed by atoms with E-state index >= 15 is 0 Å². The second-order valence-electron chi connectivity index (χ2n) is 7.20. The van der Waals surface area contributed by atoms with Gasteiger partial charge in [0.25, 0.3) is 0 Å². The Morgan fingerprint density at radius 2 is 1.83 bits per heavy atom. The van der Waals surface area contributed by atoms with Crippen molar-refractivity contribution in [3.05, 3.63) is 69.2 Å². The van der Waals surface area contributed by atoms with Crippen LogP contribution in [0.15, 0.2) is 42.5 Å². The summed E-state index contributed by atoms with van der Waals surface area (Å²) in [4.78, 5) is 27.2. The Kier molecular flexibility index (Phi) is 10.0. The Bertz CT molecular complexity index is 859. The SMILES string of the molecule is CCCNC(=O)[C@@H](C)N(Cc1ccc(C)cc1)C(=O)CSCc1ccc(Cl)cc1Cl. The third kappa shape index (κ3) is 7.53. The maximum atomic E-state index is 13.0. The number of amides is 2. The van der Waals surface area contributed by atoms with Crippen LogP contribution in [-0.2, 0) is 21.9 Å². The molecular weight excluding hydrogens is 439 g/mol. The van der Waals surface area contributed by atoms with Gasteiger partial charge in [-0.05, 0) is 43.5 Å². The Hall–Kier alpha value is -1.69. The summed E-state index contributed by atoms with van der Waals surface area (Å²) in [5.41, 5.74) is 3.08. The molecule has 30 heavy (non-hydrogen) atoms. The van der Waals surface area contributed by atoms with E-state index in [0.29, 0.717) is 28.9 Å². The predicted molar refractivity (Wildman–Crippen MR) is 127 cm³/mol. The second-order valence-corrected chi connectivity index (χ2v) is 9.03. The van der Waals surface area contributed by atoms with Crippen LogP contribution < -0.4 is 5.32 Å². The highest BCUT2D eigenvalue weighted by atomic mass is 35.5. The zero-order valence-corrected chi connectivity index (χ0v) is 19.9. The van der Waals surface area contributed by atoms with Gasteiger partial charge in [0.1, 0.15) is 6.04 Å². The van der Waals surface area contributed by atoms with E-state index in [1.807, 2.05) is 44.2 Å². The number of carbonyl (C=O) groups excluding carboxylic acids is 2. The number of rotatable bonds is 10. The summed E-state index contributed by atoms with van der Waals surface area (Å²) in [6.45, 7) is 6.78. The number of carbonyl (C=O) groups is 2. The van der Waals surface area contributed by atoms with E-state index in [9.17, 15) is 9.59 Å². The molecule has 0 spiro atoms. The number of nitrogens with one attached hydrogen (secondary N) is 1. The summed E-state index contributed by atoms with van der Waals surface area (Å²) in [5.74, 6) is 0.639. The molecule has 0 bridgehead atoms. The zero-order valence-electron chi connectivity index (χ0n) is 17.6. The van der Waals surface area contributed by atoms with E-state index in [0.717, 1.165) is 23.1 Å². The van der Waals surface area contributed by atoms with Gasteiger partial charge in [-0.25, -0.2) is 0 Å². The number of hydrogen-bond donors (Lipinski definition) is 1. The third-order valence-corrected chi connectivity index (χ3v) is 6.24. The molecule has 0 saturated carbocycles. The molecular formula is C23H28Cl2N2O2S. The molecule has 162 valence electrons. The van der Waals surface area contributed by atoms with E-state index in [1.54, 1.807) is 24.0 Å². The summed E-state index contributed by atoms with van der Waals surface area (Å²) in [6, 6.07) is 12.8. The van der Waals surface area contributed by atoms with E-state index in [1.165, 1.54) is 11.8 Å². The topological polar surface area (TPSA) is 49.4 Å². The Morgan fingerprint density at radius 3 is 2.47 bits per heavy atom. The minimum atomic E-state index is -0.551. The summed E-state index contributed by atoms with van der Waals surface area (Å²) < 4.78 is 0. The van der Waals surface area contributed by atoms with Crippen LogP contribution in [0.25, 0.3) is 0 Å². The van der Waals surface area contributed by atoms with E-state index in [2.05, 4.69) is 5.32 Å². The van der Waals surface area contributed by atoms with Crippen LogP contribution in [0.1, 0.15) is 37.0 Å². The molecule has 0 aliphatic carbocycles. The van der Waals surface area contributed by atoms with Crippen molar-refractivity contribution in [1.29, 1.82) is 0 Å². The van der Waals surface area contributed by atoms with Crippen molar-refractivity contribution < 1.29 is 9.59 Å². The van der Waals surface area contributed by atoms with Gasteiger partial charge in [-0.2, -0.15) is 0 Å². The molecule has 2 rings (SSSR count). The smallest absolute Gasteiger partial charge is 0.242 e. The summed E-state index contributed by atoms with van der Waals surface area (Å²) in [5, 5.41) is 4.06. The number of thioether (sulfide) groups is 1. The molecule has 0 fully saturated rings. The van der Waals surface area contributed by atoms with E-state index < -0.39 is 6.04 Å². The van der Waals surface area contributed by atoms with Crippen LogP contribution >= 0.6 is 35.0 Å². The van der Waals surface area contributed by atoms with Crippen LogP contribution in [0, 0.1) is 6.92 Å². The lowest BCUT2D eigenvalue weighted by atomic mass is 10.1. The Balaban J connectivity index is 2.06.